The van der Waals surface area contributed by atoms with Crippen LogP contribution in [0, 0.1) is 6.92 Å². The summed E-state index contributed by atoms with van der Waals surface area (Å²) in [6.07, 6.45) is 0. The van der Waals surface area contributed by atoms with E-state index in [2.05, 4.69) is 11.1 Å². The molecule has 7 nitrogen and oxygen atoms in total. The Morgan fingerprint density at radius 3 is 2.48 bits per heavy atom. The number of aryl methyl sites for hydroxylation is 1. The number of hydrogen-bond acceptors (Lipinski definition) is 5. The number of hydrogen-bond donors (Lipinski definition) is 0. The average molecular weight is 434 g/mol. The fourth-order valence-corrected chi connectivity index (χ4v) is 4.85. The number of methoxy groups -OCH3 is 1. The lowest BCUT2D eigenvalue weighted by atomic mass is 10.2. The van der Waals surface area contributed by atoms with E-state index in [1.54, 1.807) is 7.11 Å². The highest BCUT2D eigenvalue weighted by atomic mass is 32.2. The van der Waals surface area contributed by atoms with E-state index in [-0.39, 0.29) is 4.90 Å². The summed E-state index contributed by atoms with van der Waals surface area (Å²) in [4.78, 5) is 17.7. The molecule has 154 valence electrons. The number of sulfonamides is 1. The SMILES string of the molecule is COCCn1c(=NC(=O)c2ccc(S(=O)(=O)N(C)C)cc2)sc2cc(C)ccc21. The molecule has 0 spiro atoms. The second-order valence-corrected chi connectivity index (χ2v) is 9.89. The molecule has 1 amide bonds. The van der Waals surface area contributed by atoms with Crippen LogP contribution in [0.25, 0.3) is 10.2 Å². The average Bonchev–Trinajstić information content (AvgIpc) is 3.02. The van der Waals surface area contributed by atoms with Gasteiger partial charge in [0.2, 0.25) is 10.0 Å². The Labute approximate surface area is 173 Å². The molecule has 0 aliphatic rings. The van der Waals surface area contributed by atoms with Crippen LogP contribution in [0.4, 0.5) is 0 Å². The molecule has 29 heavy (non-hydrogen) atoms. The molecule has 0 unspecified atom stereocenters. The molecule has 0 radical (unpaired) electrons. The number of aromatic nitrogens is 1. The van der Waals surface area contributed by atoms with E-state index < -0.39 is 15.9 Å². The molecule has 0 saturated heterocycles. The number of fused-ring (bicyclic) bond motifs is 1. The van der Waals surface area contributed by atoms with Crippen LogP contribution in [-0.2, 0) is 21.3 Å². The van der Waals surface area contributed by atoms with Crippen LogP contribution in [0.1, 0.15) is 15.9 Å². The molecule has 0 saturated carbocycles. The number of carbonyl (C=O) groups is 1. The highest BCUT2D eigenvalue weighted by molar-refractivity contribution is 7.89. The lowest BCUT2D eigenvalue weighted by Gasteiger charge is -2.11. The van der Waals surface area contributed by atoms with Crippen molar-refractivity contribution in [3.05, 3.63) is 58.4 Å². The van der Waals surface area contributed by atoms with Gasteiger partial charge in [0.15, 0.2) is 4.80 Å². The number of rotatable bonds is 6. The molecule has 0 N–H and O–H groups in total. The first-order valence-electron chi connectivity index (χ1n) is 8.94. The summed E-state index contributed by atoms with van der Waals surface area (Å²) in [6.45, 7) is 3.09. The van der Waals surface area contributed by atoms with E-state index in [1.165, 1.54) is 49.7 Å². The summed E-state index contributed by atoms with van der Waals surface area (Å²) in [5.41, 5.74) is 2.46. The molecule has 0 fully saturated rings. The zero-order valence-electron chi connectivity index (χ0n) is 16.7. The molecule has 0 atom stereocenters. The maximum Gasteiger partial charge on any atom is 0.279 e. The van der Waals surface area contributed by atoms with Gasteiger partial charge in [0.25, 0.3) is 5.91 Å². The Morgan fingerprint density at radius 2 is 1.86 bits per heavy atom. The summed E-state index contributed by atoms with van der Waals surface area (Å²) in [6, 6.07) is 11.9. The van der Waals surface area contributed by atoms with Gasteiger partial charge >= 0.3 is 0 Å². The van der Waals surface area contributed by atoms with Crippen LogP contribution >= 0.6 is 11.3 Å². The lowest BCUT2D eigenvalue weighted by Crippen LogP contribution is -2.22. The number of thiazole rings is 1. The third kappa shape index (κ3) is 4.48. The number of benzene rings is 2. The standard InChI is InChI=1S/C20H23N3O4S2/c1-14-5-10-17-18(13-14)28-20(23(17)11-12-27-4)21-19(24)15-6-8-16(9-7-15)29(25,26)22(2)3/h5-10,13H,11-12H2,1-4H3. The molecular weight excluding hydrogens is 410 g/mol. The highest BCUT2D eigenvalue weighted by Crippen LogP contribution is 2.19. The molecule has 9 heteroatoms. The second-order valence-electron chi connectivity index (χ2n) is 6.73. The van der Waals surface area contributed by atoms with E-state index in [9.17, 15) is 13.2 Å². The van der Waals surface area contributed by atoms with Crippen molar-refractivity contribution in [1.82, 2.24) is 8.87 Å². The molecular formula is C20H23N3O4S2. The Bertz CT molecular complexity index is 1210. The Kier molecular flexibility index (Phi) is 6.33. The predicted octanol–water partition coefficient (Wildman–Crippen LogP) is 2.65. The molecule has 1 heterocycles. The minimum absolute atomic E-state index is 0.131. The third-order valence-corrected chi connectivity index (χ3v) is 7.30. The van der Waals surface area contributed by atoms with Crippen LogP contribution in [0.3, 0.4) is 0 Å². The third-order valence-electron chi connectivity index (χ3n) is 4.43. The largest absolute Gasteiger partial charge is 0.383 e. The molecule has 3 aromatic rings. The molecule has 0 aliphatic heterocycles. The van der Waals surface area contributed by atoms with E-state index in [1.807, 2.05) is 23.6 Å². The van der Waals surface area contributed by atoms with E-state index in [0.717, 1.165) is 20.1 Å². The Hall–Kier alpha value is -2.33. The summed E-state index contributed by atoms with van der Waals surface area (Å²) in [7, 11) is 1.02. The first-order valence-corrected chi connectivity index (χ1v) is 11.2. The topological polar surface area (TPSA) is 81.0 Å². The van der Waals surface area contributed by atoms with Crippen LogP contribution in [0.2, 0.25) is 0 Å². The fraction of sp³-hybridized carbons (Fsp3) is 0.300. The van der Waals surface area contributed by atoms with Gasteiger partial charge in [0.05, 0.1) is 21.7 Å². The molecule has 1 aromatic heterocycles. The molecule has 2 aromatic carbocycles. The van der Waals surface area contributed by atoms with Gasteiger partial charge < -0.3 is 9.30 Å². The number of ether oxygens (including phenoxy) is 1. The van der Waals surface area contributed by atoms with Gasteiger partial charge in [0, 0.05) is 33.3 Å². The van der Waals surface area contributed by atoms with E-state index in [0.29, 0.717) is 23.5 Å². The number of nitrogens with zero attached hydrogens (tertiary/aromatic N) is 3. The van der Waals surface area contributed by atoms with Gasteiger partial charge in [-0.05, 0) is 48.9 Å². The van der Waals surface area contributed by atoms with E-state index >= 15 is 0 Å². The van der Waals surface area contributed by atoms with Crippen molar-refractivity contribution in [3.8, 4) is 0 Å². The monoisotopic (exact) mass is 433 g/mol. The van der Waals surface area contributed by atoms with E-state index in [4.69, 9.17) is 4.74 Å². The highest BCUT2D eigenvalue weighted by Gasteiger charge is 2.17. The van der Waals surface area contributed by atoms with Crippen molar-refractivity contribution >= 4 is 37.5 Å². The van der Waals surface area contributed by atoms with Crippen molar-refractivity contribution in [1.29, 1.82) is 0 Å². The van der Waals surface area contributed by atoms with Crippen molar-refractivity contribution in [2.24, 2.45) is 4.99 Å². The quantitative estimate of drug-likeness (QED) is 0.599. The van der Waals surface area contributed by atoms with Crippen molar-refractivity contribution in [2.45, 2.75) is 18.4 Å². The zero-order chi connectivity index (χ0) is 21.2. The minimum atomic E-state index is -3.54. The van der Waals surface area contributed by atoms with Gasteiger partial charge in [-0.25, -0.2) is 12.7 Å². The molecule has 0 bridgehead atoms. The normalized spacial score (nSPS) is 12.8. The van der Waals surface area contributed by atoms with Gasteiger partial charge in [-0.3, -0.25) is 4.79 Å². The number of amides is 1. The molecule has 0 aliphatic carbocycles. The summed E-state index contributed by atoms with van der Waals surface area (Å²) < 4.78 is 33.7. The minimum Gasteiger partial charge on any atom is -0.383 e. The lowest BCUT2D eigenvalue weighted by molar-refractivity contribution is 0.0997. The first-order chi connectivity index (χ1) is 13.7. The smallest absolute Gasteiger partial charge is 0.279 e. The second kappa shape index (κ2) is 8.58. The molecule has 3 rings (SSSR count). The zero-order valence-corrected chi connectivity index (χ0v) is 18.4. The van der Waals surface area contributed by atoms with Crippen molar-refractivity contribution < 1.29 is 17.9 Å². The van der Waals surface area contributed by atoms with Gasteiger partial charge in [-0.15, -0.1) is 0 Å². The van der Waals surface area contributed by atoms with Crippen molar-refractivity contribution in [2.75, 3.05) is 27.8 Å². The van der Waals surface area contributed by atoms with Gasteiger partial charge in [-0.2, -0.15) is 4.99 Å². The van der Waals surface area contributed by atoms with Crippen LogP contribution in [0.5, 0.6) is 0 Å². The maximum atomic E-state index is 12.7. The van der Waals surface area contributed by atoms with Crippen LogP contribution < -0.4 is 4.80 Å². The van der Waals surface area contributed by atoms with Gasteiger partial charge in [0.1, 0.15) is 0 Å². The summed E-state index contributed by atoms with van der Waals surface area (Å²) in [5, 5.41) is 0. The first kappa shape index (κ1) is 21.4. The number of carbonyl (C=O) groups excluding carboxylic acids is 1. The fourth-order valence-electron chi connectivity index (χ4n) is 2.80. The summed E-state index contributed by atoms with van der Waals surface area (Å²) >= 11 is 1.44. The van der Waals surface area contributed by atoms with Crippen molar-refractivity contribution in [3.63, 3.8) is 0 Å². The Balaban J connectivity index is 2.01. The predicted molar refractivity (Wildman–Crippen MR) is 114 cm³/mol. The van der Waals surface area contributed by atoms with Crippen LogP contribution in [0.15, 0.2) is 52.4 Å². The maximum absolute atomic E-state index is 12.7. The Morgan fingerprint density at radius 1 is 1.17 bits per heavy atom. The van der Waals surface area contributed by atoms with Gasteiger partial charge in [-0.1, -0.05) is 17.4 Å². The summed E-state index contributed by atoms with van der Waals surface area (Å²) in [5.74, 6) is -0.423. The van der Waals surface area contributed by atoms with Crippen LogP contribution in [-0.4, -0.2) is 51.0 Å².